The highest BCUT2D eigenvalue weighted by molar-refractivity contribution is 6.07. The number of allylic oxidation sites excluding steroid dienone is 2. The van der Waals surface area contributed by atoms with Crippen molar-refractivity contribution in [1.82, 2.24) is 4.90 Å². The molecule has 27 heavy (non-hydrogen) atoms. The molecule has 1 aliphatic heterocycles. The fraction of sp³-hybridized carbons (Fsp3) is 0.818. The first-order valence-electron chi connectivity index (χ1n) is 11.0. The summed E-state index contributed by atoms with van der Waals surface area (Å²) >= 11 is 0. The second kappa shape index (κ2) is 14.8. The van der Waals surface area contributed by atoms with Gasteiger partial charge in [-0.3, -0.25) is 14.5 Å². The average molecular weight is 382 g/mol. The molecule has 5 nitrogen and oxygen atoms in total. The molecule has 2 amide bonds. The van der Waals surface area contributed by atoms with Crippen molar-refractivity contribution in [3.05, 3.63) is 12.2 Å². The van der Waals surface area contributed by atoms with E-state index in [2.05, 4.69) is 19.1 Å². The second-order valence-electron chi connectivity index (χ2n) is 7.66. The van der Waals surface area contributed by atoms with Crippen molar-refractivity contribution in [2.75, 3.05) is 6.54 Å². The SMILES string of the molecule is CCCCCCCCC=CCCCCCCCCN1C(=O)C(O)C(O)C1=O. The molecule has 5 heteroatoms. The zero-order chi connectivity index (χ0) is 19.9. The Balaban J connectivity index is 1.87. The molecule has 0 aromatic heterocycles. The van der Waals surface area contributed by atoms with Gasteiger partial charge in [-0.15, -0.1) is 0 Å². The molecule has 0 radical (unpaired) electrons. The Kier molecular flexibility index (Phi) is 13.1. The van der Waals surface area contributed by atoms with E-state index in [0.717, 1.165) is 30.6 Å². The summed E-state index contributed by atoms with van der Waals surface area (Å²) in [5.74, 6) is -1.33. The van der Waals surface area contributed by atoms with Gasteiger partial charge in [0.1, 0.15) is 0 Å². The summed E-state index contributed by atoms with van der Waals surface area (Å²) in [4.78, 5) is 24.2. The van der Waals surface area contributed by atoms with Crippen LogP contribution in [0.2, 0.25) is 0 Å². The molecule has 0 aliphatic carbocycles. The molecule has 2 N–H and O–H groups in total. The van der Waals surface area contributed by atoms with Gasteiger partial charge in [0.15, 0.2) is 12.2 Å². The number of carbonyl (C=O) groups is 2. The number of aliphatic hydroxyl groups is 2. The lowest BCUT2D eigenvalue weighted by Crippen LogP contribution is -2.33. The number of rotatable bonds is 16. The van der Waals surface area contributed by atoms with Gasteiger partial charge in [-0.25, -0.2) is 0 Å². The fourth-order valence-corrected chi connectivity index (χ4v) is 3.44. The van der Waals surface area contributed by atoms with Crippen LogP contribution in [0.5, 0.6) is 0 Å². The van der Waals surface area contributed by atoms with Crippen molar-refractivity contribution in [2.45, 2.75) is 109 Å². The van der Waals surface area contributed by atoms with Gasteiger partial charge in [-0.1, -0.05) is 76.9 Å². The van der Waals surface area contributed by atoms with Gasteiger partial charge >= 0.3 is 0 Å². The third-order valence-corrected chi connectivity index (χ3v) is 5.23. The summed E-state index contributed by atoms with van der Waals surface area (Å²) in [7, 11) is 0. The number of imide groups is 1. The van der Waals surface area contributed by atoms with Crippen molar-refractivity contribution in [3.63, 3.8) is 0 Å². The third kappa shape index (κ3) is 9.52. The Morgan fingerprint density at radius 3 is 1.59 bits per heavy atom. The van der Waals surface area contributed by atoms with E-state index in [9.17, 15) is 19.8 Å². The molecule has 0 spiro atoms. The lowest BCUT2D eigenvalue weighted by atomic mass is 10.1. The maximum atomic E-state index is 11.6. The average Bonchev–Trinajstić information content (AvgIpc) is 2.85. The first-order valence-corrected chi connectivity index (χ1v) is 11.0. The van der Waals surface area contributed by atoms with E-state index in [4.69, 9.17) is 0 Å². The molecule has 156 valence electrons. The predicted octanol–water partition coefficient (Wildman–Crippen LogP) is 4.11. The summed E-state index contributed by atoms with van der Waals surface area (Å²) in [5, 5.41) is 18.7. The van der Waals surface area contributed by atoms with Crippen LogP contribution in [0.25, 0.3) is 0 Å². The Morgan fingerprint density at radius 2 is 1.11 bits per heavy atom. The number of amides is 2. The van der Waals surface area contributed by atoms with Crippen molar-refractivity contribution < 1.29 is 19.8 Å². The Hall–Kier alpha value is -1.20. The highest BCUT2D eigenvalue weighted by Crippen LogP contribution is 2.16. The number of aliphatic hydroxyl groups excluding tert-OH is 2. The molecule has 1 heterocycles. The van der Waals surface area contributed by atoms with Gasteiger partial charge in [0.05, 0.1) is 0 Å². The molecule has 2 unspecified atom stereocenters. The lowest BCUT2D eigenvalue weighted by Gasteiger charge is -2.13. The van der Waals surface area contributed by atoms with Crippen LogP contribution >= 0.6 is 0 Å². The molecular weight excluding hydrogens is 342 g/mol. The minimum atomic E-state index is -1.58. The zero-order valence-electron chi connectivity index (χ0n) is 17.1. The van der Waals surface area contributed by atoms with Crippen molar-refractivity contribution in [2.24, 2.45) is 0 Å². The number of likely N-dealkylation sites (tertiary alicyclic amines) is 1. The van der Waals surface area contributed by atoms with Crippen LogP contribution in [0.4, 0.5) is 0 Å². The molecular formula is C22H39NO4. The quantitative estimate of drug-likeness (QED) is 0.240. The first-order chi connectivity index (χ1) is 13.1. The van der Waals surface area contributed by atoms with E-state index in [0.29, 0.717) is 6.54 Å². The highest BCUT2D eigenvalue weighted by atomic mass is 16.4. The molecule has 0 saturated carbocycles. The summed E-state index contributed by atoms with van der Waals surface area (Å²) < 4.78 is 0. The van der Waals surface area contributed by atoms with Crippen molar-refractivity contribution in [3.8, 4) is 0 Å². The molecule has 1 saturated heterocycles. The molecule has 2 atom stereocenters. The summed E-state index contributed by atoms with van der Waals surface area (Å²) in [6.45, 7) is 2.55. The third-order valence-electron chi connectivity index (χ3n) is 5.23. The maximum absolute atomic E-state index is 11.6. The molecule has 1 aliphatic rings. The topological polar surface area (TPSA) is 77.8 Å². The highest BCUT2D eigenvalue weighted by Gasteiger charge is 2.45. The van der Waals surface area contributed by atoms with Crippen LogP contribution in [0.1, 0.15) is 96.8 Å². The van der Waals surface area contributed by atoms with Crippen molar-refractivity contribution >= 4 is 11.8 Å². The number of nitrogens with zero attached hydrogens (tertiary/aromatic N) is 1. The predicted molar refractivity (Wildman–Crippen MR) is 108 cm³/mol. The number of carbonyl (C=O) groups excluding carboxylic acids is 2. The zero-order valence-corrected chi connectivity index (χ0v) is 17.1. The molecule has 0 aromatic rings. The Bertz CT molecular complexity index is 430. The lowest BCUT2D eigenvalue weighted by molar-refractivity contribution is -0.141. The van der Waals surface area contributed by atoms with Crippen LogP contribution in [0.3, 0.4) is 0 Å². The van der Waals surface area contributed by atoms with E-state index in [1.165, 1.54) is 64.2 Å². The largest absolute Gasteiger partial charge is 0.380 e. The number of hydrogen-bond acceptors (Lipinski definition) is 4. The van der Waals surface area contributed by atoms with Crippen LogP contribution in [0, 0.1) is 0 Å². The normalized spacial score (nSPS) is 20.3. The van der Waals surface area contributed by atoms with E-state index < -0.39 is 24.0 Å². The van der Waals surface area contributed by atoms with Gasteiger partial charge in [0.2, 0.25) is 0 Å². The fourth-order valence-electron chi connectivity index (χ4n) is 3.44. The maximum Gasteiger partial charge on any atom is 0.261 e. The van der Waals surface area contributed by atoms with E-state index in [1.807, 2.05) is 0 Å². The molecule has 0 aromatic carbocycles. The molecule has 1 rings (SSSR count). The van der Waals surface area contributed by atoms with Gasteiger partial charge in [-0.2, -0.15) is 0 Å². The molecule has 0 bridgehead atoms. The van der Waals surface area contributed by atoms with Gasteiger partial charge in [0.25, 0.3) is 11.8 Å². The van der Waals surface area contributed by atoms with Crippen LogP contribution in [-0.4, -0.2) is 45.7 Å². The number of hydrogen-bond donors (Lipinski definition) is 2. The minimum Gasteiger partial charge on any atom is -0.380 e. The van der Waals surface area contributed by atoms with E-state index >= 15 is 0 Å². The minimum absolute atomic E-state index is 0.299. The Morgan fingerprint density at radius 1 is 0.704 bits per heavy atom. The Labute approximate surface area is 164 Å². The van der Waals surface area contributed by atoms with Crippen LogP contribution in [0.15, 0.2) is 12.2 Å². The van der Waals surface area contributed by atoms with E-state index in [-0.39, 0.29) is 0 Å². The smallest absolute Gasteiger partial charge is 0.261 e. The monoisotopic (exact) mass is 381 g/mol. The van der Waals surface area contributed by atoms with Crippen LogP contribution < -0.4 is 0 Å². The van der Waals surface area contributed by atoms with Gasteiger partial charge < -0.3 is 10.2 Å². The summed E-state index contributed by atoms with van der Waals surface area (Å²) in [6, 6.07) is 0. The number of unbranched alkanes of at least 4 members (excludes halogenated alkanes) is 12. The van der Waals surface area contributed by atoms with Crippen molar-refractivity contribution in [1.29, 1.82) is 0 Å². The summed E-state index contributed by atoms with van der Waals surface area (Å²) in [6.07, 6.45) is 18.3. The second-order valence-corrected chi connectivity index (χ2v) is 7.66. The first kappa shape index (κ1) is 23.8. The summed E-state index contributed by atoms with van der Waals surface area (Å²) in [5.41, 5.74) is 0. The van der Waals surface area contributed by atoms with Gasteiger partial charge in [-0.05, 0) is 32.1 Å². The standard InChI is InChI=1S/C22H39NO4/c1-2-3-4-5-6-7-8-9-10-11-12-13-14-15-16-17-18-23-21(26)19(24)20(25)22(23)27/h9-10,19-20,24-25H,2-8,11-18H2,1H3. The van der Waals surface area contributed by atoms with Gasteiger partial charge in [0, 0.05) is 6.54 Å². The van der Waals surface area contributed by atoms with E-state index in [1.54, 1.807) is 0 Å². The van der Waals surface area contributed by atoms with Crippen LogP contribution in [-0.2, 0) is 9.59 Å². The molecule has 1 fully saturated rings.